The molecule has 11 nitrogen and oxygen atoms in total. The van der Waals surface area contributed by atoms with E-state index < -0.39 is 18.4 Å². The van der Waals surface area contributed by atoms with E-state index in [1.54, 1.807) is 31.4 Å². The number of nitrogens with zero attached hydrogens (tertiary/aromatic N) is 5. The van der Waals surface area contributed by atoms with Crippen LogP contribution in [-0.2, 0) is 22.6 Å². The van der Waals surface area contributed by atoms with Crippen molar-refractivity contribution in [1.29, 1.82) is 0 Å². The van der Waals surface area contributed by atoms with Gasteiger partial charge in [0.25, 0.3) is 5.91 Å². The van der Waals surface area contributed by atoms with Crippen molar-refractivity contribution in [3.8, 4) is 17.1 Å². The number of carbonyl (C=O) groups excluding carboxylic acids is 2. The molecule has 0 radical (unpaired) electrons. The molecular formula is C39H44N6O5S. The molecule has 1 unspecified atom stereocenters. The minimum atomic E-state index is -1.16. The molecule has 2 aliphatic carbocycles. The highest BCUT2D eigenvalue weighted by Gasteiger charge is 2.28. The minimum Gasteiger partial charge on any atom is -0.497 e. The van der Waals surface area contributed by atoms with E-state index in [2.05, 4.69) is 38.5 Å². The Labute approximate surface area is 302 Å². The molecule has 4 aromatic rings. The number of allylic oxidation sites excluding steroid dienone is 2. The van der Waals surface area contributed by atoms with Gasteiger partial charge in [-0.25, -0.2) is 9.97 Å². The summed E-state index contributed by atoms with van der Waals surface area (Å²) in [5, 5.41) is 20.2. The molecule has 2 heterocycles. The van der Waals surface area contributed by atoms with E-state index in [0.29, 0.717) is 11.6 Å². The Morgan fingerprint density at radius 1 is 0.902 bits per heavy atom. The van der Waals surface area contributed by atoms with Crippen LogP contribution in [0.2, 0.25) is 0 Å². The van der Waals surface area contributed by atoms with Crippen LogP contribution in [0.5, 0.6) is 5.75 Å². The first kappa shape index (κ1) is 35.8. The fourth-order valence-corrected chi connectivity index (χ4v) is 7.91. The number of hydrogen-bond acceptors (Lipinski definition) is 9. The van der Waals surface area contributed by atoms with E-state index >= 15 is 0 Å². The van der Waals surface area contributed by atoms with Gasteiger partial charge in [-0.2, -0.15) is 0 Å². The summed E-state index contributed by atoms with van der Waals surface area (Å²) >= 11 is 0.891. The summed E-state index contributed by atoms with van der Waals surface area (Å²) < 4.78 is 5.14. The zero-order chi connectivity index (χ0) is 35.7. The molecule has 1 atom stereocenters. The predicted molar refractivity (Wildman–Crippen MR) is 196 cm³/mol. The number of ether oxygens (including phenoxy) is 1. The van der Waals surface area contributed by atoms with Crippen molar-refractivity contribution in [3.63, 3.8) is 0 Å². The molecule has 1 saturated carbocycles. The maximum absolute atomic E-state index is 13.3. The van der Waals surface area contributed by atoms with Gasteiger partial charge < -0.3 is 20.1 Å². The normalized spacial score (nSPS) is 18.8. The summed E-state index contributed by atoms with van der Waals surface area (Å²) in [6.07, 6.45) is 16.6. The van der Waals surface area contributed by atoms with Crippen molar-refractivity contribution in [1.82, 2.24) is 25.1 Å². The van der Waals surface area contributed by atoms with Crippen molar-refractivity contribution in [2.45, 2.75) is 71.3 Å². The SMILES string of the molecule is CCC1CCC(C2CC=C(c3cnc(-c4ccc(CN(CC(=O)O)C(=O)c5nnc(NC(=O)Cc6ccc(OC)cc6)s5)cc4)nc3)CC2)CC1. The largest absolute Gasteiger partial charge is 0.497 e. The molecule has 0 aliphatic heterocycles. The number of carbonyl (C=O) groups is 3. The standard InChI is InChI=1S/C39H44N6O5S/c1-3-25-4-10-28(11-5-25)29-14-16-30(17-15-29)32-21-40-36(41-22-32)31-12-6-27(7-13-31)23-45(24-35(47)48)38(49)37-43-44-39(51-37)42-34(46)20-26-8-18-33(50-2)19-9-26/h6-9,12-13,16,18-19,21-22,25,28-29H,3-5,10-11,14-15,17,20,23-24H2,1-2H3,(H,47,48)(H,42,44,46). The zero-order valence-corrected chi connectivity index (χ0v) is 29.9. The molecule has 2 N–H and O–H groups in total. The summed E-state index contributed by atoms with van der Waals surface area (Å²) in [6.45, 7) is 1.83. The third-order valence-electron chi connectivity index (χ3n) is 10.2. The smallest absolute Gasteiger partial charge is 0.323 e. The molecular weight excluding hydrogens is 665 g/mol. The molecule has 12 heteroatoms. The molecule has 0 bridgehead atoms. The lowest BCUT2D eigenvalue weighted by atomic mass is 9.71. The van der Waals surface area contributed by atoms with E-state index in [1.165, 1.54) is 49.0 Å². The molecule has 0 spiro atoms. The monoisotopic (exact) mass is 708 g/mol. The number of nitrogens with one attached hydrogen (secondary N) is 1. The van der Waals surface area contributed by atoms with Gasteiger partial charge in [0.15, 0.2) is 5.82 Å². The van der Waals surface area contributed by atoms with Crippen molar-refractivity contribution in [3.05, 3.63) is 88.7 Å². The molecule has 2 aromatic carbocycles. The number of hydrogen-bond donors (Lipinski definition) is 2. The van der Waals surface area contributed by atoms with Crippen molar-refractivity contribution < 1.29 is 24.2 Å². The summed E-state index contributed by atoms with van der Waals surface area (Å²) in [4.78, 5) is 48.1. The minimum absolute atomic E-state index is 0.0243. The van der Waals surface area contributed by atoms with Crippen LogP contribution in [0.3, 0.4) is 0 Å². The van der Waals surface area contributed by atoms with Crippen LogP contribution in [0, 0.1) is 17.8 Å². The molecule has 1 fully saturated rings. The number of aromatic nitrogens is 4. The number of aliphatic carboxylic acids is 1. The highest BCUT2D eigenvalue weighted by atomic mass is 32.1. The average Bonchev–Trinajstić information content (AvgIpc) is 3.63. The lowest BCUT2D eigenvalue weighted by Gasteiger charge is -2.35. The number of carboxylic acids is 1. The van der Waals surface area contributed by atoms with Gasteiger partial charge in [0.2, 0.25) is 16.0 Å². The summed E-state index contributed by atoms with van der Waals surface area (Å²) in [7, 11) is 1.57. The fraction of sp³-hybridized carbons (Fsp3) is 0.410. The molecule has 2 aliphatic rings. The number of anilines is 1. The Bertz CT molecular complexity index is 1830. The lowest BCUT2D eigenvalue weighted by Crippen LogP contribution is -2.35. The highest BCUT2D eigenvalue weighted by molar-refractivity contribution is 7.17. The van der Waals surface area contributed by atoms with Crippen LogP contribution in [0.4, 0.5) is 5.13 Å². The predicted octanol–water partition coefficient (Wildman–Crippen LogP) is 7.31. The lowest BCUT2D eigenvalue weighted by molar-refractivity contribution is -0.137. The third kappa shape index (κ3) is 9.43. The van der Waals surface area contributed by atoms with E-state index in [9.17, 15) is 19.5 Å². The second kappa shape index (κ2) is 16.8. The second-order valence-electron chi connectivity index (χ2n) is 13.5. The first-order chi connectivity index (χ1) is 24.8. The van der Waals surface area contributed by atoms with E-state index in [-0.39, 0.29) is 29.0 Å². The van der Waals surface area contributed by atoms with Crippen LogP contribution < -0.4 is 10.1 Å². The van der Waals surface area contributed by atoms with E-state index in [0.717, 1.165) is 64.2 Å². The van der Waals surface area contributed by atoms with Crippen LogP contribution in [0.25, 0.3) is 17.0 Å². The van der Waals surface area contributed by atoms with Crippen LogP contribution in [0.15, 0.2) is 67.0 Å². The summed E-state index contributed by atoms with van der Waals surface area (Å²) in [6, 6.07) is 14.5. The van der Waals surface area contributed by atoms with Gasteiger partial charge in [-0.1, -0.05) is 80.0 Å². The van der Waals surface area contributed by atoms with Crippen LogP contribution in [-0.4, -0.2) is 61.6 Å². The Morgan fingerprint density at radius 2 is 1.61 bits per heavy atom. The maximum Gasteiger partial charge on any atom is 0.323 e. The number of rotatable bonds is 13. The van der Waals surface area contributed by atoms with Gasteiger partial charge in [-0.15, -0.1) is 10.2 Å². The maximum atomic E-state index is 13.3. The van der Waals surface area contributed by atoms with Crippen LogP contribution in [0.1, 0.15) is 84.8 Å². The molecule has 2 amide bonds. The van der Waals surface area contributed by atoms with Gasteiger partial charge in [0, 0.05) is 30.1 Å². The Hall–Kier alpha value is -4.97. The van der Waals surface area contributed by atoms with E-state index in [4.69, 9.17) is 4.74 Å². The summed E-state index contributed by atoms with van der Waals surface area (Å²) in [5.41, 5.74) is 4.73. The topological polar surface area (TPSA) is 148 Å². The van der Waals surface area contributed by atoms with Gasteiger partial charge in [0.05, 0.1) is 13.5 Å². The molecule has 0 saturated heterocycles. The average molecular weight is 709 g/mol. The van der Waals surface area contributed by atoms with Crippen molar-refractivity contribution >= 4 is 39.8 Å². The van der Waals surface area contributed by atoms with Crippen molar-refractivity contribution in [2.24, 2.45) is 17.8 Å². The first-order valence-corrected chi connectivity index (χ1v) is 18.5. The van der Waals surface area contributed by atoms with Gasteiger partial charge >= 0.3 is 5.97 Å². The Kier molecular flexibility index (Phi) is 11.8. The Morgan fingerprint density at radius 3 is 2.24 bits per heavy atom. The number of amides is 2. The fourth-order valence-electron chi connectivity index (χ4n) is 7.19. The molecule has 51 heavy (non-hydrogen) atoms. The number of benzene rings is 2. The zero-order valence-electron chi connectivity index (χ0n) is 29.1. The quantitative estimate of drug-likeness (QED) is 0.146. The summed E-state index contributed by atoms with van der Waals surface area (Å²) in [5.74, 6) is 1.81. The first-order valence-electron chi connectivity index (χ1n) is 17.7. The third-order valence-corrected chi connectivity index (χ3v) is 11.0. The molecule has 6 rings (SSSR count). The number of methoxy groups -OCH3 is 1. The van der Waals surface area contributed by atoms with E-state index in [1.807, 2.05) is 36.7 Å². The highest BCUT2D eigenvalue weighted by Crippen LogP contribution is 2.41. The van der Waals surface area contributed by atoms with Gasteiger partial charge in [-0.05, 0) is 78.7 Å². The van der Waals surface area contributed by atoms with Crippen LogP contribution >= 0.6 is 11.3 Å². The second-order valence-corrected chi connectivity index (χ2v) is 14.5. The van der Waals surface area contributed by atoms with Crippen molar-refractivity contribution in [2.75, 3.05) is 19.0 Å². The van der Waals surface area contributed by atoms with Gasteiger partial charge in [-0.3, -0.25) is 14.4 Å². The van der Waals surface area contributed by atoms with Gasteiger partial charge in [0.1, 0.15) is 12.3 Å². The number of carboxylic acid groups (broad SMARTS) is 1. The molecule has 266 valence electrons. The molecule has 2 aromatic heterocycles. The Balaban J connectivity index is 1.03.